The summed E-state index contributed by atoms with van der Waals surface area (Å²) in [5.74, 6) is -2.96. The number of hydrogen-bond acceptors (Lipinski definition) is 6. The van der Waals surface area contributed by atoms with E-state index in [1.807, 2.05) is 12.1 Å². The topological polar surface area (TPSA) is 118 Å². The first kappa shape index (κ1) is 19.1. The fourth-order valence-corrected chi connectivity index (χ4v) is 2.43. The van der Waals surface area contributed by atoms with Crippen LogP contribution in [0.25, 0.3) is 10.2 Å². The van der Waals surface area contributed by atoms with Crippen LogP contribution < -0.4 is 11.1 Å². The molecule has 2 heterocycles. The standard InChI is InChI=1S/C13H10N4OS.C2HF3O2/c14-9-6-15-4-3-10(9)17-13(18)8-1-2-11-12(5-8)19-7-16-11;3-2(4,5)1(6)7/h1-7H,14H2,(H,15,17,18);(H,6,7). The van der Waals surface area contributed by atoms with Crippen LogP contribution in [0.5, 0.6) is 0 Å². The zero-order valence-corrected chi connectivity index (χ0v) is 13.6. The molecular weight excluding hydrogens is 373 g/mol. The fourth-order valence-electron chi connectivity index (χ4n) is 1.71. The average molecular weight is 384 g/mol. The average Bonchev–Trinajstić information content (AvgIpc) is 3.04. The Balaban J connectivity index is 0.000000298. The van der Waals surface area contributed by atoms with Crippen molar-refractivity contribution < 1.29 is 27.9 Å². The normalized spacial score (nSPS) is 10.7. The number of alkyl halides is 3. The second-order valence-electron chi connectivity index (χ2n) is 4.75. The van der Waals surface area contributed by atoms with Gasteiger partial charge in [0.05, 0.1) is 33.3 Å². The monoisotopic (exact) mass is 384 g/mol. The number of pyridine rings is 1. The van der Waals surface area contributed by atoms with E-state index in [1.54, 1.807) is 23.8 Å². The molecule has 26 heavy (non-hydrogen) atoms. The molecule has 0 unspecified atom stereocenters. The number of aliphatic carboxylic acids is 1. The number of carbonyl (C=O) groups excluding carboxylic acids is 1. The van der Waals surface area contributed by atoms with Gasteiger partial charge in [0.15, 0.2) is 0 Å². The highest BCUT2D eigenvalue weighted by atomic mass is 32.1. The first-order chi connectivity index (χ1) is 12.2. The Hall–Kier alpha value is -3.21. The van der Waals surface area contributed by atoms with Crippen LogP contribution >= 0.6 is 11.3 Å². The van der Waals surface area contributed by atoms with E-state index in [9.17, 15) is 18.0 Å². The van der Waals surface area contributed by atoms with Crippen LogP contribution in [0, 0.1) is 0 Å². The number of amides is 1. The lowest BCUT2D eigenvalue weighted by molar-refractivity contribution is -0.192. The number of rotatable bonds is 2. The summed E-state index contributed by atoms with van der Waals surface area (Å²) in [4.78, 5) is 29.1. The number of halogens is 3. The van der Waals surface area contributed by atoms with Gasteiger partial charge in [0, 0.05) is 11.8 Å². The number of aromatic nitrogens is 2. The van der Waals surface area contributed by atoms with Crippen LogP contribution in [0.2, 0.25) is 0 Å². The predicted molar refractivity (Wildman–Crippen MR) is 89.9 cm³/mol. The van der Waals surface area contributed by atoms with E-state index in [0.29, 0.717) is 16.9 Å². The third-order valence-corrected chi connectivity index (χ3v) is 3.73. The van der Waals surface area contributed by atoms with Crippen molar-refractivity contribution in [3.8, 4) is 0 Å². The molecule has 0 aliphatic heterocycles. The van der Waals surface area contributed by atoms with Crippen LogP contribution in [0.3, 0.4) is 0 Å². The molecule has 0 atom stereocenters. The minimum Gasteiger partial charge on any atom is -0.475 e. The zero-order chi connectivity index (χ0) is 19.3. The molecule has 1 amide bonds. The summed E-state index contributed by atoms with van der Waals surface area (Å²) in [6.07, 6.45) is -2.00. The highest BCUT2D eigenvalue weighted by Gasteiger charge is 2.38. The van der Waals surface area contributed by atoms with Gasteiger partial charge in [0.2, 0.25) is 0 Å². The molecule has 1 aromatic carbocycles. The molecule has 0 radical (unpaired) electrons. The molecule has 0 bridgehead atoms. The first-order valence-corrected chi connectivity index (χ1v) is 7.70. The van der Waals surface area contributed by atoms with Crippen LogP contribution in [-0.2, 0) is 4.79 Å². The lowest BCUT2D eigenvalue weighted by Gasteiger charge is -2.07. The van der Waals surface area contributed by atoms with Gasteiger partial charge >= 0.3 is 12.1 Å². The Bertz CT molecular complexity index is 943. The third kappa shape index (κ3) is 4.89. The van der Waals surface area contributed by atoms with Gasteiger partial charge in [-0.05, 0) is 24.3 Å². The summed E-state index contributed by atoms with van der Waals surface area (Å²) in [7, 11) is 0. The Labute approximate surface area is 148 Å². The van der Waals surface area contributed by atoms with Gasteiger partial charge in [-0.1, -0.05) is 0 Å². The zero-order valence-electron chi connectivity index (χ0n) is 12.8. The Morgan fingerprint density at radius 2 is 1.92 bits per heavy atom. The number of anilines is 2. The third-order valence-electron chi connectivity index (χ3n) is 2.94. The number of fused-ring (bicyclic) bond motifs is 1. The van der Waals surface area contributed by atoms with Gasteiger partial charge in [-0.3, -0.25) is 9.78 Å². The van der Waals surface area contributed by atoms with E-state index in [1.165, 1.54) is 17.5 Å². The summed E-state index contributed by atoms with van der Waals surface area (Å²) in [6, 6.07) is 7.06. The van der Waals surface area contributed by atoms with Crippen molar-refractivity contribution in [3.63, 3.8) is 0 Å². The number of carboxylic acid groups (broad SMARTS) is 1. The van der Waals surface area contributed by atoms with Gasteiger partial charge in [0.25, 0.3) is 5.91 Å². The van der Waals surface area contributed by atoms with Gasteiger partial charge in [0.1, 0.15) is 0 Å². The molecule has 0 spiro atoms. The van der Waals surface area contributed by atoms with Crippen molar-refractivity contribution in [2.45, 2.75) is 6.18 Å². The Morgan fingerprint density at radius 1 is 1.23 bits per heavy atom. The van der Waals surface area contributed by atoms with Gasteiger partial charge in [-0.15, -0.1) is 11.3 Å². The molecule has 7 nitrogen and oxygen atoms in total. The van der Waals surface area contributed by atoms with E-state index in [0.717, 1.165) is 10.2 Å². The fraction of sp³-hybridized carbons (Fsp3) is 0.0667. The summed E-state index contributed by atoms with van der Waals surface area (Å²) in [5, 5.41) is 9.89. The maximum absolute atomic E-state index is 12.1. The molecule has 3 aromatic rings. The Morgan fingerprint density at radius 3 is 2.54 bits per heavy atom. The van der Waals surface area contributed by atoms with Crippen molar-refractivity contribution >= 4 is 44.8 Å². The SMILES string of the molecule is Nc1cnccc1NC(=O)c1ccc2ncsc2c1.O=C(O)C(F)(F)F. The summed E-state index contributed by atoms with van der Waals surface area (Å²) in [6.45, 7) is 0. The number of nitrogens with two attached hydrogens (primary N) is 1. The van der Waals surface area contributed by atoms with Gasteiger partial charge < -0.3 is 16.2 Å². The smallest absolute Gasteiger partial charge is 0.475 e. The molecular formula is C15H11F3N4O3S. The summed E-state index contributed by atoms with van der Waals surface area (Å²) >= 11 is 1.50. The number of thiazole rings is 1. The van der Waals surface area contributed by atoms with Crippen LogP contribution in [0.1, 0.15) is 10.4 Å². The number of benzene rings is 1. The van der Waals surface area contributed by atoms with E-state index < -0.39 is 12.1 Å². The molecule has 0 fully saturated rings. The number of carbonyl (C=O) groups is 2. The molecule has 4 N–H and O–H groups in total. The van der Waals surface area contributed by atoms with Crippen molar-refractivity contribution in [1.82, 2.24) is 9.97 Å². The molecule has 0 saturated carbocycles. The molecule has 2 aromatic heterocycles. The minimum atomic E-state index is -5.08. The number of nitrogen functional groups attached to an aromatic ring is 1. The quantitative estimate of drug-likeness (QED) is 0.625. The number of hydrogen-bond donors (Lipinski definition) is 3. The van der Waals surface area contributed by atoms with Crippen LogP contribution in [0.15, 0.2) is 42.2 Å². The molecule has 3 rings (SSSR count). The first-order valence-electron chi connectivity index (χ1n) is 6.82. The highest BCUT2D eigenvalue weighted by Crippen LogP contribution is 2.21. The highest BCUT2D eigenvalue weighted by molar-refractivity contribution is 7.16. The number of carboxylic acids is 1. The van der Waals surface area contributed by atoms with Crippen molar-refractivity contribution in [2.75, 3.05) is 11.1 Å². The Kier molecular flexibility index (Phi) is 5.72. The maximum Gasteiger partial charge on any atom is 0.490 e. The second-order valence-corrected chi connectivity index (χ2v) is 5.64. The molecule has 0 saturated heterocycles. The van der Waals surface area contributed by atoms with Gasteiger partial charge in [-0.2, -0.15) is 13.2 Å². The van der Waals surface area contributed by atoms with E-state index in [-0.39, 0.29) is 5.91 Å². The van der Waals surface area contributed by atoms with Crippen molar-refractivity contribution in [1.29, 1.82) is 0 Å². The van der Waals surface area contributed by atoms with E-state index >= 15 is 0 Å². The minimum absolute atomic E-state index is 0.201. The second kappa shape index (κ2) is 7.78. The largest absolute Gasteiger partial charge is 0.490 e. The van der Waals surface area contributed by atoms with Crippen molar-refractivity contribution in [3.05, 3.63) is 47.7 Å². The lowest BCUT2D eigenvalue weighted by atomic mass is 10.2. The summed E-state index contributed by atoms with van der Waals surface area (Å²) in [5.41, 5.74) is 9.96. The molecule has 136 valence electrons. The van der Waals surface area contributed by atoms with E-state index in [2.05, 4.69) is 15.3 Å². The lowest BCUT2D eigenvalue weighted by Crippen LogP contribution is -2.21. The van der Waals surface area contributed by atoms with Crippen molar-refractivity contribution in [2.24, 2.45) is 0 Å². The maximum atomic E-state index is 12.1. The van der Waals surface area contributed by atoms with Crippen LogP contribution in [-0.4, -0.2) is 33.1 Å². The van der Waals surface area contributed by atoms with E-state index in [4.69, 9.17) is 15.6 Å². The molecule has 0 aliphatic carbocycles. The molecule has 11 heteroatoms. The summed E-state index contributed by atoms with van der Waals surface area (Å²) < 4.78 is 32.7. The van der Waals surface area contributed by atoms with Crippen LogP contribution in [0.4, 0.5) is 24.5 Å². The number of nitrogens with zero attached hydrogens (tertiary/aromatic N) is 2. The van der Waals surface area contributed by atoms with Gasteiger partial charge in [-0.25, -0.2) is 9.78 Å². The predicted octanol–water partition coefficient (Wildman–Crippen LogP) is 3.16. The number of nitrogens with one attached hydrogen (secondary N) is 1. The molecule has 0 aliphatic rings.